The largest absolute Gasteiger partial charge is 0.497 e. The van der Waals surface area contributed by atoms with Crippen molar-refractivity contribution in [2.75, 3.05) is 14.2 Å². The maximum Gasteiger partial charge on any atom is 0.148 e. The third-order valence-electron chi connectivity index (χ3n) is 3.98. The standard InChI is InChI=1S/C17H25N3O2/c1-6-12(2)18-10-14-11-19-20(13(14)3)16-8-7-15(21-4)9-17(16)22-5/h7-9,11-12,18H,6,10H2,1-5H3. The molecule has 1 N–H and O–H groups in total. The van der Waals surface area contributed by atoms with Crippen molar-refractivity contribution in [2.45, 2.75) is 39.8 Å². The lowest BCUT2D eigenvalue weighted by atomic mass is 10.2. The third kappa shape index (κ3) is 3.42. The van der Waals surface area contributed by atoms with E-state index in [1.54, 1.807) is 14.2 Å². The summed E-state index contributed by atoms with van der Waals surface area (Å²) in [6.45, 7) is 7.26. The van der Waals surface area contributed by atoms with E-state index in [0.29, 0.717) is 6.04 Å². The maximum absolute atomic E-state index is 5.47. The second kappa shape index (κ2) is 7.31. The number of hydrogen-bond donors (Lipinski definition) is 1. The fraction of sp³-hybridized carbons (Fsp3) is 0.471. The summed E-state index contributed by atoms with van der Waals surface area (Å²) >= 11 is 0. The van der Waals surface area contributed by atoms with Crippen LogP contribution >= 0.6 is 0 Å². The zero-order chi connectivity index (χ0) is 16.1. The second-order valence-corrected chi connectivity index (χ2v) is 5.39. The van der Waals surface area contributed by atoms with Gasteiger partial charge in [-0.3, -0.25) is 0 Å². The normalized spacial score (nSPS) is 12.2. The van der Waals surface area contributed by atoms with Gasteiger partial charge in [-0.15, -0.1) is 0 Å². The summed E-state index contributed by atoms with van der Waals surface area (Å²) in [5.41, 5.74) is 3.22. The summed E-state index contributed by atoms with van der Waals surface area (Å²) < 4.78 is 12.6. The smallest absolute Gasteiger partial charge is 0.148 e. The van der Waals surface area contributed by atoms with E-state index in [1.807, 2.05) is 29.1 Å². The highest BCUT2D eigenvalue weighted by Gasteiger charge is 2.13. The Bertz CT molecular complexity index is 622. The van der Waals surface area contributed by atoms with E-state index >= 15 is 0 Å². The van der Waals surface area contributed by atoms with E-state index in [0.717, 1.165) is 35.8 Å². The molecule has 1 heterocycles. The number of ether oxygens (including phenoxy) is 2. The van der Waals surface area contributed by atoms with Crippen LogP contribution in [-0.4, -0.2) is 30.0 Å². The molecule has 0 spiro atoms. The highest BCUT2D eigenvalue weighted by Crippen LogP contribution is 2.28. The van der Waals surface area contributed by atoms with Crippen molar-refractivity contribution >= 4 is 0 Å². The Hall–Kier alpha value is -2.01. The first-order chi connectivity index (χ1) is 10.6. The van der Waals surface area contributed by atoms with Gasteiger partial charge in [-0.2, -0.15) is 5.10 Å². The Labute approximate surface area is 132 Å². The first kappa shape index (κ1) is 16.4. The maximum atomic E-state index is 5.47. The number of aromatic nitrogens is 2. The number of benzene rings is 1. The van der Waals surface area contributed by atoms with Crippen LogP contribution in [0.5, 0.6) is 11.5 Å². The Morgan fingerprint density at radius 1 is 1.27 bits per heavy atom. The fourth-order valence-corrected chi connectivity index (χ4v) is 2.25. The van der Waals surface area contributed by atoms with Gasteiger partial charge in [0.1, 0.15) is 17.2 Å². The van der Waals surface area contributed by atoms with Gasteiger partial charge in [0.2, 0.25) is 0 Å². The average Bonchev–Trinajstić information content (AvgIpc) is 2.92. The molecule has 22 heavy (non-hydrogen) atoms. The topological polar surface area (TPSA) is 48.3 Å². The predicted octanol–water partition coefficient (Wildman–Crippen LogP) is 3.09. The van der Waals surface area contributed by atoms with Gasteiger partial charge in [0.15, 0.2) is 0 Å². The molecule has 0 saturated carbocycles. The van der Waals surface area contributed by atoms with Crippen molar-refractivity contribution in [3.63, 3.8) is 0 Å². The lowest BCUT2D eigenvalue weighted by molar-refractivity contribution is 0.392. The second-order valence-electron chi connectivity index (χ2n) is 5.39. The zero-order valence-electron chi connectivity index (χ0n) is 14.0. The van der Waals surface area contributed by atoms with E-state index in [2.05, 4.69) is 31.2 Å². The summed E-state index contributed by atoms with van der Waals surface area (Å²) in [5, 5.41) is 8.01. The van der Waals surface area contributed by atoms with Crippen molar-refractivity contribution in [2.24, 2.45) is 0 Å². The lowest BCUT2D eigenvalue weighted by Gasteiger charge is -2.13. The van der Waals surface area contributed by atoms with Gasteiger partial charge in [-0.25, -0.2) is 4.68 Å². The molecular formula is C17H25N3O2. The van der Waals surface area contributed by atoms with Crippen LogP contribution in [0, 0.1) is 6.92 Å². The Kier molecular flexibility index (Phi) is 5.44. The van der Waals surface area contributed by atoms with E-state index < -0.39 is 0 Å². The summed E-state index contributed by atoms with van der Waals surface area (Å²) in [7, 11) is 3.30. The molecule has 1 atom stereocenters. The molecule has 1 aromatic carbocycles. The summed E-state index contributed by atoms with van der Waals surface area (Å²) in [6.07, 6.45) is 3.02. The predicted molar refractivity (Wildman–Crippen MR) is 88.0 cm³/mol. The molecule has 2 rings (SSSR count). The van der Waals surface area contributed by atoms with E-state index in [4.69, 9.17) is 9.47 Å². The number of nitrogens with zero attached hydrogens (tertiary/aromatic N) is 2. The van der Waals surface area contributed by atoms with Crippen LogP contribution in [0.15, 0.2) is 24.4 Å². The SMILES string of the molecule is CCC(C)NCc1cnn(-c2ccc(OC)cc2OC)c1C. The minimum atomic E-state index is 0.498. The molecule has 0 amide bonds. The molecule has 2 aromatic rings. The minimum Gasteiger partial charge on any atom is -0.497 e. The monoisotopic (exact) mass is 303 g/mol. The molecule has 0 aliphatic carbocycles. The van der Waals surface area contributed by atoms with Gasteiger partial charge in [0, 0.05) is 29.9 Å². The minimum absolute atomic E-state index is 0.498. The van der Waals surface area contributed by atoms with Gasteiger partial charge in [-0.05, 0) is 32.4 Å². The molecule has 5 nitrogen and oxygen atoms in total. The van der Waals surface area contributed by atoms with Gasteiger partial charge in [-0.1, -0.05) is 6.92 Å². The molecule has 120 valence electrons. The average molecular weight is 303 g/mol. The van der Waals surface area contributed by atoms with Crippen LogP contribution in [0.1, 0.15) is 31.5 Å². The van der Waals surface area contributed by atoms with E-state index in [9.17, 15) is 0 Å². The van der Waals surface area contributed by atoms with E-state index in [1.165, 1.54) is 5.56 Å². The molecule has 0 radical (unpaired) electrons. The molecule has 0 saturated heterocycles. The van der Waals surface area contributed by atoms with Crippen molar-refractivity contribution in [1.82, 2.24) is 15.1 Å². The Morgan fingerprint density at radius 2 is 2.05 bits per heavy atom. The molecule has 0 bridgehead atoms. The van der Waals surface area contributed by atoms with Crippen LogP contribution in [0.4, 0.5) is 0 Å². The van der Waals surface area contributed by atoms with Gasteiger partial charge in [0.25, 0.3) is 0 Å². The van der Waals surface area contributed by atoms with Crippen LogP contribution < -0.4 is 14.8 Å². The molecule has 0 fully saturated rings. The van der Waals surface area contributed by atoms with Crippen molar-refractivity contribution in [1.29, 1.82) is 0 Å². The van der Waals surface area contributed by atoms with Crippen molar-refractivity contribution in [3.05, 3.63) is 35.7 Å². The summed E-state index contributed by atoms with van der Waals surface area (Å²) in [6, 6.07) is 6.24. The zero-order valence-corrected chi connectivity index (χ0v) is 14.0. The van der Waals surface area contributed by atoms with Gasteiger partial charge < -0.3 is 14.8 Å². The fourth-order valence-electron chi connectivity index (χ4n) is 2.25. The highest BCUT2D eigenvalue weighted by molar-refractivity contribution is 5.51. The van der Waals surface area contributed by atoms with Crippen LogP contribution in [0.25, 0.3) is 5.69 Å². The quantitative estimate of drug-likeness (QED) is 0.854. The molecule has 1 unspecified atom stereocenters. The number of rotatable bonds is 7. The highest BCUT2D eigenvalue weighted by atomic mass is 16.5. The number of methoxy groups -OCH3 is 2. The number of nitrogens with one attached hydrogen (secondary N) is 1. The molecule has 0 aliphatic rings. The first-order valence-electron chi connectivity index (χ1n) is 7.60. The third-order valence-corrected chi connectivity index (χ3v) is 3.98. The van der Waals surface area contributed by atoms with Gasteiger partial charge >= 0.3 is 0 Å². The number of hydrogen-bond acceptors (Lipinski definition) is 4. The van der Waals surface area contributed by atoms with Gasteiger partial charge in [0.05, 0.1) is 20.4 Å². The summed E-state index contributed by atoms with van der Waals surface area (Å²) in [5.74, 6) is 1.51. The molecule has 1 aromatic heterocycles. The molecule has 0 aliphatic heterocycles. The molecular weight excluding hydrogens is 278 g/mol. The molecule has 5 heteroatoms. The van der Waals surface area contributed by atoms with E-state index in [-0.39, 0.29) is 0 Å². The lowest BCUT2D eigenvalue weighted by Crippen LogP contribution is -2.24. The first-order valence-corrected chi connectivity index (χ1v) is 7.60. The summed E-state index contributed by atoms with van der Waals surface area (Å²) in [4.78, 5) is 0. The van der Waals surface area contributed by atoms with Crippen molar-refractivity contribution < 1.29 is 9.47 Å². The Balaban J connectivity index is 2.28. The Morgan fingerprint density at radius 3 is 2.68 bits per heavy atom. The van der Waals surface area contributed by atoms with Crippen LogP contribution in [-0.2, 0) is 6.54 Å². The van der Waals surface area contributed by atoms with Crippen molar-refractivity contribution in [3.8, 4) is 17.2 Å². The van der Waals surface area contributed by atoms with Crippen LogP contribution in [0.2, 0.25) is 0 Å². The van der Waals surface area contributed by atoms with Crippen LogP contribution in [0.3, 0.4) is 0 Å².